The topological polar surface area (TPSA) is 71.0 Å². The Bertz CT molecular complexity index is 805. The Morgan fingerprint density at radius 2 is 2.00 bits per heavy atom. The number of rotatable bonds is 7. The second-order valence-corrected chi connectivity index (χ2v) is 7.09. The highest BCUT2D eigenvalue weighted by Crippen LogP contribution is 2.19. The van der Waals surface area contributed by atoms with Crippen molar-refractivity contribution in [3.05, 3.63) is 53.7 Å². The minimum atomic E-state index is 0.0111. The summed E-state index contributed by atoms with van der Waals surface area (Å²) in [6.45, 7) is 8.61. The summed E-state index contributed by atoms with van der Waals surface area (Å²) in [5.41, 5.74) is 2.27. The number of hydrogen-bond acceptors (Lipinski definition) is 5. The van der Waals surface area contributed by atoms with Gasteiger partial charge in [-0.05, 0) is 31.5 Å². The summed E-state index contributed by atoms with van der Waals surface area (Å²) in [5.74, 6) is 2.66. The number of aliphatic imine (C=N–C) groups is 1. The van der Waals surface area contributed by atoms with E-state index >= 15 is 0 Å². The Kier molecular flexibility index (Phi) is 7.69. The molecule has 2 heterocycles. The number of pyridine rings is 1. The van der Waals surface area contributed by atoms with Crippen molar-refractivity contribution in [2.75, 3.05) is 44.8 Å². The zero-order valence-corrected chi connectivity index (χ0v) is 17.5. The fourth-order valence-electron chi connectivity index (χ4n) is 3.22. The molecule has 1 aromatic heterocycles. The highest BCUT2D eigenvalue weighted by molar-refractivity contribution is 5.79. The van der Waals surface area contributed by atoms with Crippen LogP contribution in [0.1, 0.15) is 18.1 Å². The summed E-state index contributed by atoms with van der Waals surface area (Å²) in [5, 5.41) is 6.72. The highest BCUT2D eigenvalue weighted by Gasteiger charge is 2.16. The summed E-state index contributed by atoms with van der Waals surface area (Å²) in [7, 11) is 1.77. The molecule has 0 amide bonds. The average molecular weight is 398 g/mol. The van der Waals surface area contributed by atoms with Gasteiger partial charge in [0.25, 0.3) is 0 Å². The Morgan fingerprint density at radius 3 is 2.76 bits per heavy atom. The molecular weight excluding hydrogens is 366 g/mol. The maximum absolute atomic E-state index is 6.03. The van der Waals surface area contributed by atoms with Crippen LogP contribution in [0.3, 0.4) is 0 Å². The van der Waals surface area contributed by atoms with E-state index in [2.05, 4.69) is 44.6 Å². The van der Waals surface area contributed by atoms with Crippen molar-refractivity contribution in [1.82, 2.24) is 15.6 Å². The second-order valence-electron chi connectivity index (χ2n) is 7.09. The normalized spacial score (nSPS) is 15.7. The van der Waals surface area contributed by atoms with Gasteiger partial charge in [0.05, 0.1) is 19.8 Å². The zero-order chi connectivity index (χ0) is 20.5. The second kappa shape index (κ2) is 10.7. The number of morpholine rings is 1. The van der Waals surface area contributed by atoms with Crippen molar-refractivity contribution in [3.8, 4) is 5.75 Å². The van der Waals surface area contributed by atoms with Crippen LogP contribution >= 0.6 is 0 Å². The van der Waals surface area contributed by atoms with Crippen molar-refractivity contribution in [3.63, 3.8) is 0 Å². The Labute approximate surface area is 173 Å². The third kappa shape index (κ3) is 6.09. The first-order chi connectivity index (χ1) is 14.2. The fourth-order valence-corrected chi connectivity index (χ4v) is 3.22. The smallest absolute Gasteiger partial charge is 0.191 e. The summed E-state index contributed by atoms with van der Waals surface area (Å²) in [4.78, 5) is 11.2. The fraction of sp³-hybridized carbons (Fsp3) is 0.455. The van der Waals surface area contributed by atoms with E-state index in [1.165, 1.54) is 0 Å². The molecule has 0 spiro atoms. The van der Waals surface area contributed by atoms with Crippen LogP contribution in [0.2, 0.25) is 0 Å². The molecule has 1 unspecified atom stereocenters. The van der Waals surface area contributed by atoms with Crippen LogP contribution in [0.4, 0.5) is 5.82 Å². The number of guanidine groups is 1. The van der Waals surface area contributed by atoms with Crippen LogP contribution in [0, 0.1) is 6.92 Å². The molecule has 2 aromatic rings. The number of nitrogens with one attached hydrogen (secondary N) is 2. The predicted octanol–water partition coefficient (Wildman–Crippen LogP) is 2.36. The minimum Gasteiger partial charge on any atom is -0.489 e. The summed E-state index contributed by atoms with van der Waals surface area (Å²) in [6.07, 6.45) is 1.85. The van der Waals surface area contributed by atoms with Crippen molar-refractivity contribution in [1.29, 1.82) is 0 Å². The molecule has 1 fully saturated rings. The maximum atomic E-state index is 6.03. The zero-order valence-electron chi connectivity index (χ0n) is 17.5. The van der Waals surface area contributed by atoms with Crippen LogP contribution < -0.4 is 20.3 Å². The first-order valence-electron chi connectivity index (χ1n) is 10.1. The molecule has 0 saturated carbocycles. The molecule has 7 nitrogen and oxygen atoms in total. The number of aryl methyl sites for hydroxylation is 1. The first kappa shape index (κ1) is 20.9. The number of nitrogens with zero attached hydrogens (tertiary/aromatic N) is 3. The molecule has 0 aliphatic carbocycles. The number of para-hydroxylation sites is 1. The number of anilines is 1. The van der Waals surface area contributed by atoms with Gasteiger partial charge in [0.2, 0.25) is 0 Å². The molecule has 1 atom stereocenters. The first-order valence-corrected chi connectivity index (χ1v) is 10.1. The van der Waals surface area contributed by atoms with Crippen LogP contribution in [-0.2, 0) is 11.3 Å². The van der Waals surface area contributed by atoms with E-state index in [0.717, 1.165) is 55.0 Å². The molecule has 0 bridgehead atoms. The van der Waals surface area contributed by atoms with Gasteiger partial charge in [0.15, 0.2) is 5.96 Å². The molecule has 3 rings (SSSR count). The molecule has 1 saturated heterocycles. The maximum Gasteiger partial charge on any atom is 0.191 e. The van der Waals surface area contributed by atoms with E-state index in [1.807, 2.05) is 37.4 Å². The summed E-state index contributed by atoms with van der Waals surface area (Å²) in [6, 6.07) is 12.1. The van der Waals surface area contributed by atoms with Gasteiger partial charge in [0, 0.05) is 38.4 Å². The Hall–Kier alpha value is -2.80. The van der Waals surface area contributed by atoms with E-state index in [1.54, 1.807) is 7.05 Å². The van der Waals surface area contributed by atoms with E-state index < -0.39 is 0 Å². The van der Waals surface area contributed by atoms with Gasteiger partial charge in [0.1, 0.15) is 17.7 Å². The monoisotopic (exact) mass is 397 g/mol. The van der Waals surface area contributed by atoms with Gasteiger partial charge >= 0.3 is 0 Å². The van der Waals surface area contributed by atoms with Gasteiger partial charge in [-0.15, -0.1) is 0 Å². The van der Waals surface area contributed by atoms with Gasteiger partial charge in [-0.3, -0.25) is 4.99 Å². The molecule has 7 heteroatoms. The lowest BCUT2D eigenvalue weighted by molar-refractivity contribution is 0.122. The van der Waals surface area contributed by atoms with Crippen molar-refractivity contribution < 1.29 is 9.47 Å². The highest BCUT2D eigenvalue weighted by atomic mass is 16.5. The van der Waals surface area contributed by atoms with Crippen molar-refractivity contribution in [2.24, 2.45) is 4.99 Å². The quantitative estimate of drug-likeness (QED) is 0.552. The van der Waals surface area contributed by atoms with Crippen LogP contribution in [0.15, 0.2) is 47.6 Å². The minimum absolute atomic E-state index is 0.0111. The predicted molar refractivity (Wildman–Crippen MR) is 117 cm³/mol. The summed E-state index contributed by atoms with van der Waals surface area (Å²) >= 11 is 0. The van der Waals surface area contributed by atoms with Gasteiger partial charge in [-0.1, -0.05) is 24.3 Å². The average Bonchev–Trinajstić information content (AvgIpc) is 2.76. The van der Waals surface area contributed by atoms with Crippen LogP contribution in [0.5, 0.6) is 5.75 Å². The third-order valence-electron chi connectivity index (χ3n) is 4.83. The van der Waals surface area contributed by atoms with Gasteiger partial charge < -0.3 is 25.0 Å². The SMILES string of the molecule is CN=C(NCc1cccnc1N1CCOCC1)NCC(C)Oc1ccccc1C. The standard InChI is InChI=1S/C22H31N5O2/c1-17-7-4-5-9-20(17)29-18(2)15-25-22(23-3)26-16-19-8-6-10-24-21(19)27-11-13-28-14-12-27/h4-10,18H,11-16H2,1-3H3,(H2,23,25,26). The Morgan fingerprint density at radius 1 is 1.21 bits per heavy atom. The number of benzene rings is 1. The van der Waals surface area contributed by atoms with E-state index in [-0.39, 0.29) is 6.10 Å². The van der Waals surface area contributed by atoms with Gasteiger partial charge in [-0.2, -0.15) is 0 Å². The molecule has 0 radical (unpaired) electrons. The van der Waals surface area contributed by atoms with Crippen LogP contribution in [0.25, 0.3) is 0 Å². The van der Waals surface area contributed by atoms with Crippen LogP contribution in [-0.4, -0.2) is 56.9 Å². The molecule has 29 heavy (non-hydrogen) atoms. The molecule has 1 aromatic carbocycles. The largest absolute Gasteiger partial charge is 0.489 e. The lowest BCUT2D eigenvalue weighted by Gasteiger charge is -2.29. The lowest BCUT2D eigenvalue weighted by atomic mass is 10.2. The number of ether oxygens (including phenoxy) is 2. The molecule has 1 aliphatic heterocycles. The van der Waals surface area contributed by atoms with E-state index in [0.29, 0.717) is 13.1 Å². The van der Waals surface area contributed by atoms with Crippen molar-refractivity contribution >= 4 is 11.8 Å². The number of aromatic nitrogens is 1. The molecular formula is C22H31N5O2. The third-order valence-corrected chi connectivity index (χ3v) is 4.83. The van der Waals surface area contributed by atoms with Gasteiger partial charge in [-0.25, -0.2) is 4.98 Å². The Balaban J connectivity index is 1.51. The van der Waals surface area contributed by atoms with E-state index in [4.69, 9.17) is 9.47 Å². The van der Waals surface area contributed by atoms with Crippen molar-refractivity contribution in [2.45, 2.75) is 26.5 Å². The summed E-state index contributed by atoms with van der Waals surface area (Å²) < 4.78 is 11.5. The van der Waals surface area contributed by atoms with E-state index in [9.17, 15) is 0 Å². The molecule has 156 valence electrons. The lowest BCUT2D eigenvalue weighted by Crippen LogP contribution is -2.42. The molecule has 1 aliphatic rings. The molecule has 2 N–H and O–H groups in total. The number of hydrogen-bond donors (Lipinski definition) is 2.